The van der Waals surface area contributed by atoms with Crippen LogP contribution in [0.5, 0.6) is 5.75 Å². The SMILES string of the molecule is CS(=O)(=O)CC(N)Cc1cc(Br)cc2c1OCC2. The summed E-state index contributed by atoms with van der Waals surface area (Å²) in [6.07, 6.45) is 2.60. The van der Waals surface area contributed by atoms with Crippen molar-refractivity contribution in [2.45, 2.75) is 18.9 Å². The smallest absolute Gasteiger partial charge is 0.148 e. The van der Waals surface area contributed by atoms with Crippen LogP contribution >= 0.6 is 15.9 Å². The van der Waals surface area contributed by atoms with E-state index >= 15 is 0 Å². The fourth-order valence-corrected chi connectivity index (χ4v) is 3.68. The number of fused-ring (bicyclic) bond motifs is 1. The zero-order chi connectivity index (χ0) is 13.3. The number of halogens is 1. The van der Waals surface area contributed by atoms with Crippen LogP contribution in [0.4, 0.5) is 0 Å². The van der Waals surface area contributed by atoms with Crippen molar-refractivity contribution < 1.29 is 13.2 Å². The lowest BCUT2D eigenvalue weighted by Crippen LogP contribution is -2.31. The van der Waals surface area contributed by atoms with Gasteiger partial charge in [0.1, 0.15) is 15.6 Å². The first-order valence-electron chi connectivity index (χ1n) is 5.72. The fourth-order valence-electron chi connectivity index (χ4n) is 2.23. The maximum absolute atomic E-state index is 11.2. The standard InChI is InChI=1S/C12H16BrNO3S/c1-18(15,16)7-11(14)6-9-5-10(13)4-8-2-3-17-12(8)9/h4-5,11H,2-3,6-7,14H2,1H3. The summed E-state index contributed by atoms with van der Waals surface area (Å²) >= 11 is 3.45. The van der Waals surface area contributed by atoms with E-state index in [-0.39, 0.29) is 5.75 Å². The van der Waals surface area contributed by atoms with Crippen LogP contribution in [0.2, 0.25) is 0 Å². The van der Waals surface area contributed by atoms with Gasteiger partial charge in [-0.05, 0) is 29.7 Å². The Hall–Kier alpha value is -0.590. The molecule has 0 spiro atoms. The molecule has 0 saturated heterocycles. The van der Waals surface area contributed by atoms with E-state index in [4.69, 9.17) is 10.5 Å². The molecule has 1 heterocycles. The number of nitrogens with two attached hydrogens (primary N) is 1. The second-order valence-electron chi connectivity index (χ2n) is 4.71. The molecular formula is C12H16BrNO3S. The third kappa shape index (κ3) is 3.46. The first kappa shape index (κ1) is 13.8. The number of rotatable bonds is 4. The van der Waals surface area contributed by atoms with Gasteiger partial charge in [-0.15, -0.1) is 0 Å². The molecule has 0 saturated carbocycles. The summed E-state index contributed by atoms with van der Waals surface area (Å²) < 4.78 is 29.0. The van der Waals surface area contributed by atoms with Crippen molar-refractivity contribution in [3.63, 3.8) is 0 Å². The average molecular weight is 334 g/mol. The molecule has 1 aromatic carbocycles. The van der Waals surface area contributed by atoms with Crippen molar-refractivity contribution in [1.82, 2.24) is 0 Å². The van der Waals surface area contributed by atoms with Gasteiger partial charge >= 0.3 is 0 Å². The van der Waals surface area contributed by atoms with Crippen LogP contribution in [-0.4, -0.2) is 33.1 Å². The van der Waals surface area contributed by atoms with Crippen LogP contribution in [-0.2, 0) is 22.7 Å². The number of hydrogen-bond donors (Lipinski definition) is 1. The molecular weight excluding hydrogens is 318 g/mol. The van der Waals surface area contributed by atoms with E-state index in [2.05, 4.69) is 15.9 Å². The molecule has 1 aromatic rings. The van der Waals surface area contributed by atoms with Crippen LogP contribution in [0.1, 0.15) is 11.1 Å². The monoisotopic (exact) mass is 333 g/mol. The molecule has 0 amide bonds. The quantitative estimate of drug-likeness (QED) is 0.901. The summed E-state index contributed by atoms with van der Waals surface area (Å²) in [6, 6.07) is 3.59. The second-order valence-corrected chi connectivity index (χ2v) is 7.81. The molecule has 0 aromatic heterocycles. The Morgan fingerprint density at radius 1 is 1.50 bits per heavy atom. The van der Waals surface area contributed by atoms with E-state index in [0.29, 0.717) is 13.0 Å². The molecule has 18 heavy (non-hydrogen) atoms. The normalized spacial score (nSPS) is 16.2. The van der Waals surface area contributed by atoms with E-state index in [9.17, 15) is 8.42 Å². The van der Waals surface area contributed by atoms with E-state index in [1.165, 1.54) is 6.26 Å². The van der Waals surface area contributed by atoms with Crippen molar-refractivity contribution in [3.05, 3.63) is 27.7 Å². The van der Waals surface area contributed by atoms with Gasteiger partial charge in [-0.2, -0.15) is 0 Å². The highest BCUT2D eigenvalue weighted by molar-refractivity contribution is 9.10. The third-order valence-corrected chi connectivity index (χ3v) is 4.32. The molecule has 0 bridgehead atoms. The molecule has 4 nitrogen and oxygen atoms in total. The Bertz CT molecular complexity index is 557. The molecule has 0 radical (unpaired) electrons. The van der Waals surface area contributed by atoms with Gasteiger partial charge in [0.25, 0.3) is 0 Å². The van der Waals surface area contributed by atoms with E-state index < -0.39 is 15.9 Å². The molecule has 1 aliphatic heterocycles. The van der Waals surface area contributed by atoms with Crippen molar-refractivity contribution >= 4 is 25.8 Å². The Kier molecular flexibility index (Phi) is 3.99. The predicted molar refractivity (Wildman–Crippen MR) is 74.7 cm³/mol. The lowest BCUT2D eigenvalue weighted by atomic mass is 10.0. The minimum atomic E-state index is -3.05. The van der Waals surface area contributed by atoms with Crippen LogP contribution in [0.15, 0.2) is 16.6 Å². The van der Waals surface area contributed by atoms with Gasteiger partial charge in [-0.3, -0.25) is 0 Å². The number of sulfone groups is 1. The summed E-state index contributed by atoms with van der Waals surface area (Å²) in [5, 5.41) is 0. The summed E-state index contributed by atoms with van der Waals surface area (Å²) in [5.74, 6) is 0.871. The second kappa shape index (κ2) is 5.19. The maximum atomic E-state index is 11.2. The van der Waals surface area contributed by atoms with Gasteiger partial charge in [0.05, 0.1) is 12.4 Å². The van der Waals surface area contributed by atoms with Gasteiger partial charge < -0.3 is 10.5 Å². The number of hydrogen-bond acceptors (Lipinski definition) is 4. The number of ether oxygens (including phenoxy) is 1. The van der Waals surface area contributed by atoms with Crippen molar-refractivity contribution in [2.24, 2.45) is 5.73 Å². The minimum absolute atomic E-state index is 0.00567. The van der Waals surface area contributed by atoms with Crippen LogP contribution in [0, 0.1) is 0 Å². The van der Waals surface area contributed by atoms with Crippen LogP contribution in [0.3, 0.4) is 0 Å². The maximum Gasteiger partial charge on any atom is 0.148 e. The van der Waals surface area contributed by atoms with E-state index in [1.54, 1.807) is 0 Å². The highest BCUT2D eigenvalue weighted by atomic mass is 79.9. The van der Waals surface area contributed by atoms with Gasteiger partial charge in [-0.25, -0.2) is 8.42 Å². The highest BCUT2D eigenvalue weighted by Crippen LogP contribution is 2.33. The van der Waals surface area contributed by atoms with Crippen LogP contribution in [0.25, 0.3) is 0 Å². The van der Waals surface area contributed by atoms with Gasteiger partial charge in [-0.1, -0.05) is 15.9 Å². The average Bonchev–Trinajstić information content (AvgIpc) is 2.61. The topological polar surface area (TPSA) is 69.4 Å². The molecule has 6 heteroatoms. The van der Waals surface area contributed by atoms with Gasteiger partial charge in [0.2, 0.25) is 0 Å². The highest BCUT2D eigenvalue weighted by Gasteiger charge is 2.20. The first-order valence-corrected chi connectivity index (χ1v) is 8.58. The minimum Gasteiger partial charge on any atom is -0.493 e. The van der Waals surface area contributed by atoms with Crippen molar-refractivity contribution in [2.75, 3.05) is 18.6 Å². The summed E-state index contributed by atoms with van der Waals surface area (Å²) in [6.45, 7) is 0.681. The summed E-state index contributed by atoms with van der Waals surface area (Å²) in [4.78, 5) is 0. The lowest BCUT2D eigenvalue weighted by Gasteiger charge is -2.13. The zero-order valence-electron chi connectivity index (χ0n) is 10.1. The van der Waals surface area contributed by atoms with Crippen molar-refractivity contribution in [3.8, 4) is 5.75 Å². The number of benzene rings is 1. The largest absolute Gasteiger partial charge is 0.493 e. The summed E-state index contributed by atoms with van der Waals surface area (Å²) in [7, 11) is -3.05. The molecule has 2 rings (SSSR count). The molecule has 0 aliphatic carbocycles. The Labute approximate surface area is 116 Å². The van der Waals surface area contributed by atoms with E-state index in [1.807, 2.05) is 12.1 Å². The molecule has 0 fully saturated rings. The zero-order valence-corrected chi connectivity index (χ0v) is 12.6. The van der Waals surface area contributed by atoms with Crippen molar-refractivity contribution in [1.29, 1.82) is 0 Å². The lowest BCUT2D eigenvalue weighted by molar-refractivity contribution is 0.352. The van der Waals surface area contributed by atoms with Gasteiger partial charge in [0, 0.05) is 23.2 Å². The van der Waals surface area contributed by atoms with E-state index in [0.717, 1.165) is 27.8 Å². The first-order chi connectivity index (χ1) is 8.35. The Morgan fingerprint density at radius 2 is 2.22 bits per heavy atom. The predicted octanol–water partition coefficient (Wildman–Crippen LogP) is 1.30. The molecule has 1 unspecified atom stereocenters. The third-order valence-electron chi connectivity index (χ3n) is 2.82. The van der Waals surface area contributed by atoms with Gasteiger partial charge in [0.15, 0.2) is 0 Å². The summed E-state index contributed by atoms with van der Waals surface area (Å²) in [5.41, 5.74) is 8.02. The van der Waals surface area contributed by atoms with Crippen LogP contribution < -0.4 is 10.5 Å². The molecule has 100 valence electrons. The molecule has 1 aliphatic rings. The molecule has 1 atom stereocenters. The molecule has 2 N–H and O–H groups in total. The Morgan fingerprint density at radius 3 is 2.89 bits per heavy atom. The fraction of sp³-hybridized carbons (Fsp3) is 0.500. The Balaban J connectivity index is 2.19.